The predicted octanol–water partition coefficient (Wildman–Crippen LogP) is 0.984. The summed E-state index contributed by atoms with van der Waals surface area (Å²) in [6.07, 6.45) is 5.72. The van der Waals surface area contributed by atoms with Gasteiger partial charge in [0.15, 0.2) is 0 Å². The summed E-state index contributed by atoms with van der Waals surface area (Å²) >= 11 is 0. The minimum Gasteiger partial charge on any atom is -0.481 e. The number of carboxylic acids is 1. The highest BCUT2D eigenvalue weighted by atomic mass is 16.4. The van der Waals surface area contributed by atoms with Crippen molar-refractivity contribution in [2.75, 3.05) is 0 Å². The Morgan fingerprint density at radius 3 is 2.84 bits per heavy atom. The lowest BCUT2D eigenvalue weighted by atomic mass is 9.81. The molecule has 6 heteroatoms. The van der Waals surface area contributed by atoms with Crippen LogP contribution in [0.15, 0.2) is 18.6 Å². The summed E-state index contributed by atoms with van der Waals surface area (Å²) in [4.78, 5) is 30.8. The maximum Gasteiger partial charge on any atom is 0.306 e. The summed E-state index contributed by atoms with van der Waals surface area (Å²) in [5.41, 5.74) is 0.744. The van der Waals surface area contributed by atoms with Crippen molar-refractivity contribution in [2.24, 2.45) is 11.8 Å². The summed E-state index contributed by atoms with van der Waals surface area (Å²) in [5, 5.41) is 11.8. The Morgan fingerprint density at radius 1 is 1.37 bits per heavy atom. The quantitative estimate of drug-likeness (QED) is 0.845. The van der Waals surface area contributed by atoms with Crippen molar-refractivity contribution in [1.29, 1.82) is 0 Å². The Hall–Kier alpha value is -1.98. The first-order valence-electron chi connectivity index (χ1n) is 6.42. The van der Waals surface area contributed by atoms with E-state index in [0.29, 0.717) is 19.4 Å². The standard InChI is InChI=1S/C13H17N3O3/c17-12(15-7-11-4-5-14-8-16-11)9-2-1-3-10(6-9)13(18)19/h4-5,8-10H,1-3,6-7H2,(H,15,17)(H,18,19). The first-order valence-corrected chi connectivity index (χ1v) is 6.42. The maximum atomic E-state index is 12.0. The number of aromatic nitrogens is 2. The zero-order valence-corrected chi connectivity index (χ0v) is 10.6. The minimum absolute atomic E-state index is 0.0791. The molecule has 0 saturated heterocycles. The summed E-state index contributed by atoms with van der Waals surface area (Å²) < 4.78 is 0. The molecule has 1 fully saturated rings. The van der Waals surface area contributed by atoms with Crippen LogP contribution in [-0.2, 0) is 16.1 Å². The Morgan fingerprint density at radius 2 is 2.16 bits per heavy atom. The lowest BCUT2D eigenvalue weighted by Gasteiger charge is -2.25. The van der Waals surface area contributed by atoms with Crippen LogP contribution in [-0.4, -0.2) is 27.0 Å². The van der Waals surface area contributed by atoms with Crippen LogP contribution < -0.4 is 5.32 Å². The Kier molecular flexibility index (Phi) is 4.43. The molecule has 1 saturated carbocycles. The fraction of sp³-hybridized carbons (Fsp3) is 0.538. The van der Waals surface area contributed by atoms with Gasteiger partial charge < -0.3 is 10.4 Å². The van der Waals surface area contributed by atoms with Gasteiger partial charge in [0.25, 0.3) is 0 Å². The average Bonchev–Trinajstić information content (AvgIpc) is 2.46. The maximum absolute atomic E-state index is 12.0. The van der Waals surface area contributed by atoms with E-state index in [9.17, 15) is 9.59 Å². The number of aliphatic carboxylic acids is 1. The number of hydrogen-bond acceptors (Lipinski definition) is 4. The van der Waals surface area contributed by atoms with Gasteiger partial charge in [0, 0.05) is 12.1 Å². The highest BCUT2D eigenvalue weighted by Gasteiger charge is 2.30. The number of hydrogen-bond donors (Lipinski definition) is 2. The van der Waals surface area contributed by atoms with Gasteiger partial charge in [-0.3, -0.25) is 9.59 Å². The molecule has 1 aromatic heterocycles. The highest BCUT2D eigenvalue weighted by molar-refractivity contribution is 5.80. The minimum atomic E-state index is -0.798. The van der Waals surface area contributed by atoms with Crippen molar-refractivity contribution < 1.29 is 14.7 Å². The summed E-state index contributed by atoms with van der Waals surface area (Å²) in [6, 6.07) is 1.74. The average molecular weight is 263 g/mol. The second-order valence-corrected chi connectivity index (χ2v) is 4.82. The van der Waals surface area contributed by atoms with E-state index in [1.165, 1.54) is 6.33 Å². The molecule has 0 spiro atoms. The van der Waals surface area contributed by atoms with E-state index in [-0.39, 0.29) is 17.7 Å². The van der Waals surface area contributed by atoms with Gasteiger partial charge in [-0.15, -0.1) is 0 Å². The van der Waals surface area contributed by atoms with Crippen LogP contribution in [0.2, 0.25) is 0 Å². The molecule has 0 aliphatic heterocycles. The van der Waals surface area contributed by atoms with E-state index in [0.717, 1.165) is 18.5 Å². The van der Waals surface area contributed by atoms with Gasteiger partial charge in [0.05, 0.1) is 18.2 Å². The summed E-state index contributed by atoms with van der Waals surface area (Å²) in [5.74, 6) is -1.46. The zero-order valence-electron chi connectivity index (χ0n) is 10.6. The fourth-order valence-electron chi connectivity index (χ4n) is 2.40. The molecule has 2 atom stereocenters. The molecule has 6 nitrogen and oxygen atoms in total. The highest BCUT2D eigenvalue weighted by Crippen LogP contribution is 2.29. The SMILES string of the molecule is O=C(O)C1CCCC(C(=O)NCc2ccncn2)C1. The van der Waals surface area contributed by atoms with Crippen molar-refractivity contribution in [1.82, 2.24) is 15.3 Å². The van der Waals surface area contributed by atoms with Gasteiger partial charge in [-0.25, -0.2) is 9.97 Å². The van der Waals surface area contributed by atoms with E-state index in [1.54, 1.807) is 12.3 Å². The van der Waals surface area contributed by atoms with Gasteiger partial charge in [-0.1, -0.05) is 6.42 Å². The smallest absolute Gasteiger partial charge is 0.306 e. The lowest BCUT2D eigenvalue weighted by molar-refractivity contribution is -0.144. The molecular formula is C13H17N3O3. The van der Waals surface area contributed by atoms with Crippen molar-refractivity contribution in [3.63, 3.8) is 0 Å². The first-order chi connectivity index (χ1) is 9.16. The number of amides is 1. The van der Waals surface area contributed by atoms with Crippen LogP contribution in [0.3, 0.4) is 0 Å². The van der Waals surface area contributed by atoms with Gasteiger partial charge >= 0.3 is 5.97 Å². The van der Waals surface area contributed by atoms with Crippen LogP contribution in [0.4, 0.5) is 0 Å². The van der Waals surface area contributed by atoms with E-state index in [1.807, 2.05) is 0 Å². The molecule has 2 unspecified atom stereocenters. The van der Waals surface area contributed by atoms with Crippen molar-refractivity contribution in [3.05, 3.63) is 24.3 Å². The molecule has 1 aromatic rings. The van der Waals surface area contributed by atoms with Gasteiger partial charge in [0.1, 0.15) is 6.33 Å². The molecule has 2 rings (SSSR count). The third kappa shape index (κ3) is 3.74. The molecule has 0 bridgehead atoms. The molecule has 0 aromatic carbocycles. The van der Waals surface area contributed by atoms with E-state index < -0.39 is 5.97 Å². The summed E-state index contributed by atoms with van der Waals surface area (Å²) in [6.45, 7) is 0.357. The number of carboxylic acid groups (broad SMARTS) is 1. The van der Waals surface area contributed by atoms with Gasteiger partial charge in [0.2, 0.25) is 5.91 Å². The molecule has 19 heavy (non-hydrogen) atoms. The summed E-state index contributed by atoms with van der Waals surface area (Å²) in [7, 11) is 0. The topological polar surface area (TPSA) is 92.2 Å². The van der Waals surface area contributed by atoms with E-state index in [4.69, 9.17) is 5.11 Å². The van der Waals surface area contributed by atoms with Crippen LogP contribution in [0, 0.1) is 11.8 Å². The number of carbonyl (C=O) groups excluding carboxylic acids is 1. The number of carbonyl (C=O) groups is 2. The lowest BCUT2D eigenvalue weighted by Crippen LogP contribution is -2.35. The largest absolute Gasteiger partial charge is 0.481 e. The molecule has 0 radical (unpaired) electrons. The molecule has 102 valence electrons. The van der Waals surface area contributed by atoms with Crippen LogP contribution >= 0.6 is 0 Å². The number of nitrogens with zero attached hydrogens (tertiary/aromatic N) is 2. The second kappa shape index (κ2) is 6.26. The van der Waals surface area contributed by atoms with Crippen LogP contribution in [0.25, 0.3) is 0 Å². The zero-order chi connectivity index (χ0) is 13.7. The van der Waals surface area contributed by atoms with Gasteiger partial charge in [-0.05, 0) is 25.3 Å². The molecule has 1 heterocycles. The first kappa shape index (κ1) is 13.5. The Balaban J connectivity index is 1.84. The van der Waals surface area contributed by atoms with Crippen molar-refractivity contribution >= 4 is 11.9 Å². The molecule has 1 aliphatic rings. The van der Waals surface area contributed by atoms with Crippen LogP contribution in [0.5, 0.6) is 0 Å². The normalized spacial score (nSPS) is 22.7. The van der Waals surface area contributed by atoms with E-state index >= 15 is 0 Å². The van der Waals surface area contributed by atoms with Crippen LogP contribution in [0.1, 0.15) is 31.4 Å². The van der Waals surface area contributed by atoms with E-state index in [2.05, 4.69) is 15.3 Å². The molecule has 1 aliphatic carbocycles. The van der Waals surface area contributed by atoms with Gasteiger partial charge in [-0.2, -0.15) is 0 Å². The molecule has 1 amide bonds. The fourth-order valence-corrected chi connectivity index (χ4v) is 2.40. The third-order valence-electron chi connectivity index (χ3n) is 3.48. The predicted molar refractivity (Wildman–Crippen MR) is 67.0 cm³/mol. The van der Waals surface area contributed by atoms with Crippen molar-refractivity contribution in [2.45, 2.75) is 32.2 Å². The second-order valence-electron chi connectivity index (χ2n) is 4.82. The molecular weight excluding hydrogens is 246 g/mol. The van der Waals surface area contributed by atoms with Crippen molar-refractivity contribution in [3.8, 4) is 0 Å². The monoisotopic (exact) mass is 263 g/mol. The Labute approximate surface area is 111 Å². The number of rotatable bonds is 4. The number of nitrogens with one attached hydrogen (secondary N) is 1. The third-order valence-corrected chi connectivity index (χ3v) is 3.48. The molecule has 2 N–H and O–H groups in total. The Bertz CT molecular complexity index is 450.